The summed E-state index contributed by atoms with van der Waals surface area (Å²) in [5.41, 5.74) is 5.75. The number of likely N-dealkylation sites (tertiary alicyclic amines) is 1. The summed E-state index contributed by atoms with van der Waals surface area (Å²) in [6.07, 6.45) is 2.76. The van der Waals surface area contributed by atoms with Crippen molar-refractivity contribution >= 4 is 28.4 Å². The van der Waals surface area contributed by atoms with E-state index in [-0.39, 0.29) is 11.3 Å². The molecule has 1 saturated heterocycles. The number of halogens is 1. The smallest absolute Gasteiger partial charge is 0.253 e. The van der Waals surface area contributed by atoms with Gasteiger partial charge in [-0.3, -0.25) is 4.79 Å². The van der Waals surface area contributed by atoms with Crippen LogP contribution in [0.15, 0.2) is 72.8 Å². The third kappa shape index (κ3) is 3.40. The van der Waals surface area contributed by atoms with Crippen molar-refractivity contribution in [1.82, 2.24) is 9.88 Å². The summed E-state index contributed by atoms with van der Waals surface area (Å²) >= 11 is 6.29. The second-order valence-electron chi connectivity index (χ2n) is 9.61. The zero-order chi connectivity index (χ0) is 23.3. The van der Waals surface area contributed by atoms with Crippen molar-refractivity contribution in [2.24, 2.45) is 5.92 Å². The van der Waals surface area contributed by atoms with Crippen LogP contribution >= 0.6 is 11.6 Å². The van der Waals surface area contributed by atoms with Crippen LogP contribution in [0.5, 0.6) is 5.75 Å². The Morgan fingerprint density at radius 3 is 2.76 bits per heavy atom. The molecule has 6 rings (SSSR count). The number of nitrogens with one attached hydrogen (secondary N) is 1. The summed E-state index contributed by atoms with van der Waals surface area (Å²) in [6.45, 7) is 1.48. The Morgan fingerprint density at radius 1 is 1.09 bits per heavy atom. The summed E-state index contributed by atoms with van der Waals surface area (Å²) in [4.78, 5) is 19.1. The van der Waals surface area contributed by atoms with Crippen molar-refractivity contribution in [2.45, 2.75) is 24.7 Å². The molecule has 172 valence electrons. The molecule has 1 aromatic heterocycles. The molecule has 0 saturated carbocycles. The minimum absolute atomic E-state index is 0.0559. The number of rotatable bonds is 3. The van der Waals surface area contributed by atoms with E-state index >= 15 is 0 Å². The standard InChI is InChI=1S/C29H27ClN2O2/c1-34-23-9-5-8-20(14-23)29-12-13-32(28(33)19-6-3-2-4-7-19)18-21(29)15-25-24-11-10-22(30)16-26(24)31-27(25)17-29/h2-11,14,16,21,31H,12-13,15,17-18H2,1H3. The summed E-state index contributed by atoms with van der Waals surface area (Å²) in [5, 5.41) is 1.98. The lowest BCUT2D eigenvalue weighted by Gasteiger charge is -2.51. The Kier molecular flexibility index (Phi) is 5.14. The zero-order valence-electron chi connectivity index (χ0n) is 19.2. The minimum atomic E-state index is -0.0559. The van der Waals surface area contributed by atoms with Gasteiger partial charge in [0.1, 0.15) is 5.75 Å². The summed E-state index contributed by atoms with van der Waals surface area (Å²) in [6, 6.07) is 24.3. The molecule has 34 heavy (non-hydrogen) atoms. The molecule has 1 amide bonds. The van der Waals surface area contributed by atoms with Gasteiger partial charge in [-0.15, -0.1) is 0 Å². The summed E-state index contributed by atoms with van der Waals surface area (Å²) in [5.74, 6) is 1.31. The molecular weight excluding hydrogens is 444 g/mol. The molecule has 4 aromatic rings. The van der Waals surface area contributed by atoms with Crippen LogP contribution in [0.25, 0.3) is 10.9 Å². The van der Waals surface area contributed by atoms with E-state index in [1.54, 1.807) is 7.11 Å². The second-order valence-corrected chi connectivity index (χ2v) is 10.0. The van der Waals surface area contributed by atoms with Crippen molar-refractivity contribution in [3.8, 4) is 5.75 Å². The number of hydrogen-bond donors (Lipinski definition) is 1. The number of fused-ring (bicyclic) bond motifs is 4. The Hall–Kier alpha value is -3.24. The van der Waals surface area contributed by atoms with Gasteiger partial charge >= 0.3 is 0 Å². The zero-order valence-corrected chi connectivity index (χ0v) is 19.9. The maximum Gasteiger partial charge on any atom is 0.253 e. The normalized spacial score (nSPS) is 21.7. The molecule has 0 radical (unpaired) electrons. The first-order valence-electron chi connectivity index (χ1n) is 11.9. The quantitative estimate of drug-likeness (QED) is 0.397. The molecule has 2 aliphatic rings. The molecule has 1 aliphatic heterocycles. The van der Waals surface area contributed by atoms with Gasteiger partial charge in [0.15, 0.2) is 0 Å². The van der Waals surface area contributed by atoms with Crippen molar-refractivity contribution in [1.29, 1.82) is 0 Å². The van der Waals surface area contributed by atoms with E-state index in [4.69, 9.17) is 16.3 Å². The van der Waals surface area contributed by atoms with Gasteiger partial charge in [0.25, 0.3) is 5.91 Å². The molecule has 2 heterocycles. The molecule has 4 nitrogen and oxygen atoms in total. The van der Waals surface area contributed by atoms with E-state index in [2.05, 4.69) is 34.1 Å². The van der Waals surface area contributed by atoms with Gasteiger partial charge < -0.3 is 14.6 Å². The number of carbonyl (C=O) groups excluding carboxylic acids is 1. The maximum absolute atomic E-state index is 13.3. The number of piperidine rings is 1. The molecule has 0 spiro atoms. The monoisotopic (exact) mass is 470 g/mol. The predicted molar refractivity (Wildman–Crippen MR) is 136 cm³/mol. The highest BCUT2D eigenvalue weighted by Crippen LogP contribution is 2.49. The van der Waals surface area contributed by atoms with Gasteiger partial charge in [-0.2, -0.15) is 0 Å². The molecule has 3 aromatic carbocycles. The van der Waals surface area contributed by atoms with Crippen LogP contribution in [-0.2, 0) is 18.3 Å². The fraction of sp³-hybridized carbons (Fsp3) is 0.276. The van der Waals surface area contributed by atoms with Gasteiger partial charge in [-0.1, -0.05) is 48.0 Å². The van der Waals surface area contributed by atoms with E-state index in [9.17, 15) is 4.79 Å². The number of hydrogen-bond acceptors (Lipinski definition) is 2. The van der Waals surface area contributed by atoms with Crippen LogP contribution in [0.1, 0.15) is 33.6 Å². The van der Waals surface area contributed by atoms with Crippen LogP contribution in [0.4, 0.5) is 0 Å². The lowest BCUT2D eigenvalue weighted by Crippen LogP contribution is -2.55. The highest BCUT2D eigenvalue weighted by atomic mass is 35.5. The van der Waals surface area contributed by atoms with Gasteiger partial charge in [0, 0.05) is 45.7 Å². The van der Waals surface area contributed by atoms with Crippen LogP contribution in [0.3, 0.4) is 0 Å². The first kappa shape index (κ1) is 21.3. The largest absolute Gasteiger partial charge is 0.497 e. The fourth-order valence-corrected chi connectivity index (χ4v) is 6.33. The molecule has 5 heteroatoms. The van der Waals surface area contributed by atoms with Crippen LogP contribution in [-0.4, -0.2) is 36.0 Å². The maximum atomic E-state index is 13.3. The summed E-state index contributed by atoms with van der Waals surface area (Å²) < 4.78 is 5.58. The van der Waals surface area contributed by atoms with E-state index in [0.717, 1.165) is 54.2 Å². The molecule has 1 N–H and O–H groups in total. The molecule has 2 atom stereocenters. The average molecular weight is 471 g/mol. The van der Waals surface area contributed by atoms with E-state index in [0.29, 0.717) is 5.92 Å². The van der Waals surface area contributed by atoms with Gasteiger partial charge in [-0.05, 0) is 72.7 Å². The number of carbonyl (C=O) groups is 1. The van der Waals surface area contributed by atoms with Gasteiger partial charge in [0.2, 0.25) is 0 Å². The molecular formula is C29H27ClN2O2. The second kappa shape index (κ2) is 8.21. The number of benzene rings is 3. The SMILES string of the molecule is COc1cccc(C23CCN(C(=O)c4ccccc4)CC2Cc2c([nH]c4cc(Cl)ccc24)C3)c1. The first-order valence-corrected chi connectivity index (χ1v) is 12.2. The number of aromatic nitrogens is 1. The van der Waals surface area contributed by atoms with Crippen molar-refractivity contribution in [3.05, 3.63) is 100 Å². The lowest BCUT2D eigenvalue weighted by molar-refractivity contribution is 0.0501. The number of methoxy groups -OCH3 is 1. The van der Waals surface area contributed by atoms with E-state index < -0.39 is 0 Å². The Bertz CT molecular complexity index is 1380. The fourth-order valence-electron chi connectivity index (χ4n) is 6.16. The average Bonchev–Trinajstić information content (AvgIpc) is 3.22. The number of H-pyrrole nitrogens is 1. The summed E-state index contributed by atoms with van der Waals surface area (Å²) in [7, 11) is 1.72. The van der Waals surface area contributed by atoms with Crippen molar-refractivity contribution in [2.75, 3.05) is 20.2 Å². The number of amides is 1. The number of nitrogens with zero attached hydrogens (tertiary/aromatic N) is 1. The first-order chi connectivity index (χ1) is 16.6. The molecule has 2 unspecified atom stereocenters. The Morgan fingerprint density at radius 2 is 1.94 bits per heavy atom. The highest BCUT2D eigenvalue weighted by Gasteiger charge is 2.49. The van der Waals surface area contributed by atoms with Crippen molar-refractivity contribution < 1.29 is 9.53 Å². The van der Waals surface area contributed by atoms with E-state index in [1.165, 1.54) is 22.2 Å². The lowest BCUT2D eigenvalue weighted by atomic mass is 9.58. The third-order valence-corrected chi connectivity index (χ3v) is 8.14. The van der Waals surface area contributed by atoms with Crippen molar-refractivity contribution in [3.63, 3.8) is 0 Å². The number of ether oxygens (including phenoxy) is 1. The third-order valence-electron chi connectivity index (χ3n) is 7.90. The Balaban J connectivity index is 1.43. The van der Waals surface area contributed by atoms with Crippen LogP contribution < -0.4 is 4.74 Å². The topological polar surface area (TPSA) is 45.3 Å². The van der Waals surface area contributed by atoms with Gasteiger partial charge in [0.05, 0.1) is 7.11 Å². The predicted octanol–water partition coefficient (Wildman–Crippen LogP) is 6.03. The number of aromatic amines is 1. The molecule has 0 bridgehead atoms. The van der Waals surface area contributed by atoms with Crippen LogP contribution in [0, 0.1) is 5.92 Å². The van der Waals surface area contributed by atoms with Gasteiger partial charge in [-0.25, -0.2) is 0 Å². The highest BCUT2D eigenvalue weighted by molar-refractivity contribution is 6.31. The minimum Gasteiger partial charge on any atom is -0.497 e. The van der Waals surface area contributed by atoms with Crippen LogP contribution in [0.2, 0.25) is 5.02 Å². The van der Waals surface area contributed by atoms with E-state index in [1.807, 2.05) is 48.5 Å². The molecule has 1 aliphatic carbocycles. The molecule has 1 fully saturated rings. The Labute approximate surface area is 204 Å².